The maximum atomic E-state index is 12.1. The minimum absolute atomic E-state index is 0.000972. The molecule has 0 aliphatic carbocycles. The van der Waals surface area contributed by atoms with Crippen LogP contribution in [0.1, 0.15) is 19.8 Å². The van der Waals surface area contributed by atoms with Crippen LogP contribution in [0.25, 0.3) is 0 Å². The average Bonchev–Trinajstić information content (AvgIpc) is 2.14. The van der Waals surface area contributed by atoms with Gasteiger partial charge in [0.25, 0.3) is 0 Å². The molecule has 1 aliphatic rings. The summed E-state index contributed by atoms with van der Waals surface area (Å²) in [6, 6.07) is 0. The molecule has 1 aliphatic heterocycles. The summed E-state index contributed by atoms with van der Waals surface area (Å²) >= 11 is 0. The summed E-state index contributed by atoms with van der Waals surface area (Å²) in [6.07, 6.45) is -2.51. The lowest BCUT2D eigenvalue weighted by molar-refractivity contribution is -0.187. The Morgan fingerprint density at radius 1 is 1.36 bits per heavy atom. The van der Waals surface area contributed by atoms with E-state index in [4.69, 9.17) is 4.74 Å². The molecule has 1 atom stereocenters. The minimum Gasteiger partial charge on any atom is -0.377 e. The van der Waals surface area contributed by atoms with Gasteiger partial charge in [0.05, 0.1) is 18.6 Å². The van der Waals surface area contributed by atoms with Crippen LogP contribution in [0.5, 0.6) is 0 Å². The Bertz CT molecular complexity index is 166. The van der Waals surface area contributed by atoms with Crippen molar-refractivity contribution in [3.8, 4) is 0 Å². The molecule has 0 aromatic carbocycles. The SMILES string of the molecule is CC(COC1CCNCC1)C(F)(F)F. The topological polar surface area (TPSA) is 21.3 Å². The molecule has 0 saturated carbocycles. The Hall–Kier alpha value is -0.290. The van der Waals surface area contributed by atoms with Gasteiger partial charge < -0.3 is 10.1 Å². The van der Waals surface area contributed by atoms with Crippen LogP contribution < -0.4 is 5.32 Å². The van der Waals surface area contributed by atoms with Gasteiger partial charge in [0.15, 0.2) is 0 Å². The molecule has 1 fully saturated rings. The van der Waals surface area contributed by atoms with Gasteiger partial charge in [-0.25, -0.2) is 0 Å². The third-order valence-corrected chi connectivity index (χ3v) is 2.43. The fourth-order valence-electron chi connectivity index (χ4n) is 1.34. The molecule has 14 heavy (non-hydrogen) atoms. The molecule has 1 unspecified atom stereocenters. The second-order valence-corrected chi connectivity index (χ2v) is 3.73. The lowest BCUT2D eigenvalue weighted by Gasteiger charge is -2.25. The van der Waals surface area contributed by atoms with Gasteiger partial charge in [0.1, 0.15) is 0 Å². The highest BCUT2D eigenvalue weighted by Crippen LogP contribution is 2.26. The van der Waals surface area contributed by atoms with Crippen molar-refractivity contribution in [2.45, 2.75) is 32.0 Å². The normalized spacial score (nSPS) is 22.3. The zero-order chi connectivity index (χ0) is 10.6. The Labute approximate surface area is 81.8 Å². The van der Waals surface area contributed by atoms with E-state index in [-0.39, 0.29) is 12.7 Å². The Kier molecular flexibility index (Phi) is 4.19. The number of hydrogen-bond acceptors (Lipinski definition) is 2. The van der Waals surface area contributed by atoms with Gasteiger partial charge in [0.2, 0.25) is 0 Å². The van der Waals surface area contributed by atoms with Crippen molar-refractivity contribution in [1.29, 1.82) is 0 Å². The first-order chi connectivity index (χ1) is 6.50. The summed E-state index contributed by atoms with van der Waals surface area (Å²) in [5.41, 5.74) is 0. The number of piperidine rings is 1. The monoisotopic (exact) mass is 211 g/mol. The van der Waals surface area contributed by atoms with Gasteiger partial charge in [-0.2, -0.15) is 13.2 Å². The second-order valence-electron chi connectivity index (χ2n) is 3.73. The molecule has 0 spiro atoms. The van der Waals surface area contributed by atoms with Crippen LogP contribution in [0.15, 0.2) is 0 Å². The molecule has 2 nitrogen and oxygen atoms in total. The molecule has 1 N–H and O–H groups in total. The first-order valence-corrected chi connectivity index (χ1v) is 4.89. The van der Waals surface area contributed by atoms with E-state index in [1.54, 1.807) is 0 Å². The summed E-state index contributed by atoms with van der Waals surface area (Å²) < 4.78 is 41.5. The molecule has 0 aromatic heterocycles. The molecular weight excluding hydrogens is 195 g/mol. The van der Waals surface area contributed by atoms with E-state index in [2.05, 4.69) is 5.32 Å². The lowest BCUT2D eigenvalue weighted by Crippen LogP contribution is -2.34. The number of rotatable bonds is 3. The number of ether oxygens (including phenoxy) is 1. The Balaban J connectivity index is 2.19. The predicted octanol–water partition coefficient (Wildman–Crippen LogP) is 1.95. The summed E-state index contributed by atoms with van der Waals surface area (Å²) in [6.45, 7) is 2.62. The van der Waals surface area contributed by atoms with Crippen LogP contribution in [0.4, 0.5) is 13.2 Å². The zero-order valence-electron chi connectivity index (χ0n) is 8.23. The van der Waals surface area contributed by atoms with Gasteiger partial charge >= 0.3 is 6.18 Å². The van der Waals surface area contributed by atoms with Crippen LogP contribution in [-0.2, 0) is 4.74 Å². The maximum absolute atomic E-state index is 12.1. The van der Waals surface area contributed by atoms with E-state index in [1.165, 1.54) is 0 Å². The first kappa shape index (κ1) is 11.8. The van der Waals surface area contributed by atoms with Crippen molar-refractivity contribution in [3.63, 3.8) is 0 Å². The highest BCUT2D eigenvalue weighted by atomic mass is 19.4. The van der Waals surface area contributed by atoms with Crippen LogP contribution in [0, 0.1) is 5.92 Å². The second kappa shape index (κ2) is 4.98. The number of alkyl halides is 3. The summed E-state index contributed by atoms with van der Waals surface area (Å²) in [7, 11) is 0. The van der Waals surface area contributed by atoms with Crippen LogP contribution >= 0.6 is 0 Å². The van der Waals surface area contributed by atoms with Crippen LogP contribution in [-0.4, -0.2) is 32.0 Å². The Morgan fingerprint density at radius 3 is 2.43 bits per heavy atom. The quantitative estimate of drug-likeness (QED) is 0.770. The van der Waals surface area contributed by atoms with Gasteiger partial charge in [-0.3, -0.25) is 0 Å². The molecule has 0 bridgehead atoms. The van der Waals surface area contributed by atoms with Gasteiger partial charge in [-0.1, -0.05) is 6.92 Å². The third-order valence-electron chi connectivity index (χ3n) is 2.43. The van der Waals surface area contributed by atoms with Gasteiger partial charge in [0, 0.05) is 0 Å². The zero-order valence-corrected chi connectivity index (χ0v) is 8.23. The largest absolute Gasteiger partial charge is 0.393 e. The summed E-state index contributed by atoms with van der Waals surface area (Å²) in [5, 5.41) is 3.13. The van der Waals surface area contributed by atoms with E-state index in [0.717, 1.165) is 32.9 Å². The lowest BCUT2D eigenvalue weighted by atomic mass is 10.1. The molecular formula is C9H16F3NO. The van der Waals surface area contributed by atoms with Gasteiger partial charge in [-0.15, -0.1) is 0 Å². The molecule has 0 aromatic rings. The maximum Gasteiger partial charge on any atom is 0.393 e. The van der Waals surface area contributed by atoms with E-state index in [1.807, 2.05) is 0 Å². The van der Waals surface area contributed by atoms with E-state index >= 15 is 0 Å². The van der Waals surface area contributed by atoms with E-state index < -0.39 is 12.1 Å². The number of halogens is 3. The van der Waals surface area contributed by atoms with Crippen molar-refractivity contribution in [3.05, 3.63) is 0 Å². The molecule has 84 valence electrons. The molecule has 1 heterocycles. The standard InChI is InChI=1S/C9H16F3NO/c1-7(9(10,11)12)6-14-8-2-4-13-5-3-8/h7-8,13H,2-6H2,1H3. The van der Waals surface area contributed by atoms with Crippen molar-refractivity contribution in [2.24, 2.45) is 5.92 Å². The molecule has 0 amide bonds. The fourth-order valence-corrected chi connectivity index (χ4v) is 1.34. The van der Waals surface area contributed by atoms with E-state index in [9.17, 15) is 13.2 Å². The third kappa shape index (κ3) is 3.84. The van der Waals surface area contributed by atoms with Crippen molar-refractivity contribution in [2.75, 3.05) is 19.7 Å². The minimum atomic E-state index is -4.13. The number of hydrogen-bond donors (Lipinski definition) is 1. The smallest absolute Gasteiger partial charge is 0.377 e. The van der Waals surface area contributed by atoms with Crippen LogP contribution in [0.2, 0.25) is 0 Å². The molecule has 1 rings (SSSR count). The van der Waals surface area contributed by atoms with Gasteiger partial charge in [-0.05, 0) is 25.9 Å². The Morgan fingerprint density at radius 2 is 1.93 bits per heavy atom. The van der Waals surface area contributed by atoms with Crippen molar-refractivity contribution < 1.29 is 17.9 Å². The van der Waals surface area contributed by atoms with Crippen molar-refractivity contribution in [1.82, 2.24) is 5.32 Å². The first-order valence-electron chi connectivity index (χ1n) is 4.89. The molecule has 0 radical (unpaired) electrons. The fraction of sp³-hybridized carbons (Fsp3) is 1.00. The predicted molar refractivity (Wildman–Crippen MR) is 47.1 cm³/mol. The molecule has 1 saturated heterocycles. The van der Waals surface area contributed by atoms with E-state index in [0.29, 0.717) is 0 Å². The highest BCUT2D eigenvalue weighted by molar-refractivity contribution is 4.69. The highest BCUT2D eigenvalue weighted by Gasteiger charge is 2.36. The molecule has 5 heteroatoms. The van der Waals surface area contributed by atoms with Crippen molar-refractivity contribution >= 4 is 0 Å². The number of nitrogens with one attached hydrogen (secondary N) is 1. The average molecular weight is 211 g/mol. The summed E-state index contributed by atoms with van der Waals surface area (Å²) in [5.74, 6) is -1.36. The van der Waals surface area contributed by atoms with Crippen LogP contribution in [0.3, 0.4) is 0 Å². The summed E-state index contributed by atoms with van der Waals surface area (Å²) in [4.78, 5) is 0.